The number of aliphatic hydroxyl groups is 1. The normalized spacial score (nSPS) is 24.1. The molecule has 98 valence electrons. The molecular formula is C12H22N2O3. The van der Waals surface area contributed by atoms with Crippen molar-refractivity contribution in [1.82, 2.24) is 10.6 Å². The summed E-state index contributed by atoms with van der Waals surface area (Å²) in [5.41, 5.74) is 0. The maximum Gasteiger partial charge on any atom is 0.223 e. The third-order valence-electron chi connectivity index (χ3n) is 3.27. The van der Waals surface area contributed by atoms with E-state index >= 15 is 0 Å². The van der Waals surface area contributed by atoms with Gasteiger partial charge in [0.05, 0.1) is 6.61 Å². The van der Waals surface area contributed by atoms with Crippen LogP contribution in [0.15, 0.2) is 0 Å². The van der Waals surface area contributed by atoms with E-state index in [1.165, 1.54) is 6.92 Å². The fraction of sp³-hybridized carbons (Fsp3) is 0.833. The topological polar surface area (TPSA) is 78.4 Å². The summed E-state index contributed by atoms with van der Waals surface area (Å²) in [6, 6.07) is 0. The molecule has 0 heterocycles. The standard InChI is InChI=1S/C12H22N2O3/c1-9(16)14-8-10-2-4-11(5-3-10)12(17)13-6-7-15/h10-11,15H,2-8H2,1H3,(H,13,17)(H,14,16). The van der Waals surface area contributed by atoms with Gasteiger partial charge in [-0.1, -0.05) is 0 Å². The third-order valence-corrected chi connectivity index (χ3v) is 3.27. The van der Waals surface area contributed by atoms with Crippen LogP contribution in [0, 0.1) is 11.8 Å². The Bertz CT molecular complexity index is 260. The van der Waals surface area contributed by atoms with Gasteiger partial charge in [-0.05, 0) is 31.6 Å². The zero-order valence-corrected chi connectivity index (χ0v) is 10.4. The maximum absolute atomic E-state index is 11.6. The van der Waals surface area contributed by atoms with Gasteiger partial charge in [0.25, 0.3) is 0 Å². The molecule has 0 bridgehead atoms. The number of hydrogen-bond acceptors (Lipinski definition) is 3. The Morgan fingerprint density at radius 2 is 1.82 bits per heavy atom. The first kappa shape index (κ1) is 14.0. The second-order valence-corrected chi connectivity index (χ2v) is 4.67. The molecule has 0 spiro atoms. The monoisotopic (exact) mass is 242 g/mol. The molecule has 0 aromatic carbocycles. The van der Waals surface area contributed by atoms with Gasteiger partial charge in [0.15, 0.2) is 0 Å². The van der Waals surface area contributed by atoms with Crippen molar-refractivity contribution in [1.29, 1.82) is 0 Å². The number of nitrogens with one attached hydrogen (secondary N) is 2. The van der Waals surface area contributed by atoms with E-state index in [-0.39, 0.29) is 24.3 Å². The van der Waals surface area contributed by atoms with Crippen molar-refractivity contribution < 1.29 is 14.7 Å². The predicted molar refractivity (Wildman–Crippen MR) is 64.2 cm³/mol. The molecule has 0 aliphatic heterocycles. The van der Waals surface area contributed by atoms with Crippen molar-refractivity contribution in [3.8, 4) is 0 Å². The Kier molecular flexibility index (Phi) is 5.97. The summed E-state index contributed by atoms with van der Waals surface area (Å²) in [7, 11) is 0. The van der Waals surface area contributed by atoms with Crippen molar-refractivity contribution >= 4 is 11.8 Å². The highest BCUT2D eigenvalue weighted by Crippen LogP contribution is 2.28. The molecule has 17 heavy (non-hydrogen) atoms. The van der Waals surface area contributed by atoms with Crippen molar-refractivity contribution in [3.05, 3.63) is 0 Å². The first-order valence-corrected chi connectivity index (χ1v) is 6.26. The molecule has 0 aromatic rings. The lowest BCUT2D eigenvalue weighted by Crippen LogP contribution is -2.36. The van der Waals surface area contributed by atoms with Gasteiger partial charge in [-0.3, -0.25) is 9.59 Å². The lowest BCUT2D eigenvalue weighted by atomic mass is 9.81. The van der Waals surface area contributed by atoms with Crippen LogP contribution in [-0.4, -0.2) is 36.6 Å². The fourth-order valence-electron chi connectivity index (χ4n) is 2.24. The molecule has 1 fully saturated rings. The van der Waals surface area contributed by atoms with Crippen LogP contribution < -0.4 is 10.6 Å². The van der Waals surface area contributed by atoms with E-state index in [9.17, 15) is 9.59 Å². The molecule has 1 saturated carbocycles. The number of rotatable bonds is 5. The average Bonchev–Trinajstić information content (AvgIpc) is 2.34. The van der Waals surface area contributed by atoms with E-state index < -0.39 is 0 Å². The van der Waals surface area contributed by atoms with Crippen LogP contribution in [0.1, 0.15) is 32.6 Å². The van der Waals surface area contributed by atoms with E-state index in [1.54, 1.807) is 0 Å². The number of carbonyl (C=O) groups excluding carboxylic acids is 2. The molecule has 5 heteroatoms. The first-order chi connectivity index (χ1) is 8.13. The summed E-state index contributed by atoms with van der Waals surface area (Å²) in [4.78, 5) is 22.4. The van der Waals surface area contributed by atoms with Gasteiger partial charge in [0.1, 0.15) is 0 Å². The number of hydrogen-bond donors (Lipinski definition) is 3. The van der Waals surface area contributed by atoms with Crippen molar-refractivity contribution in [3.63, 3.8) is 0 Å². The van der Waals surface area contributed by atoms with Crippen LogP contribution in [0.3, 0.4) is 0 Å². The highest BCUT2D eigenvalue weighted by Gasteiger charge is 2.25. The molecule has 5 nitrogen and oxygen atoms in total. The third kappa shape index (κ3) is 5.17. The molecule has 1 aliphatic rings. The minimum Gasteiger partial charge on any atom is -0.395 e. The zero-order chi connectivity index (χ0) is 12.7. The molecule has 0 atom stereocenters. The summed E-state index contributed by atoms with van der Waals surface area (Å²) in [5, 5.41) is 14.2. The van der Waals surface area contributed by atoms with E-state index in [0.29, 0.717) is 12.5 Å². The number of carbonyl (C=O) groups is 2. The smallest absolute Gasteiger partial charge is 0.223 e. The summed E-state index contributed by atoms with van der Waals surface area (Å²) in [6.07, 6.45) is 3.72. The van der Waals surface area contributed by atoms with Gasteiger partial charge in [0.2, 0.25) is 11.8 Å². The predicted octanol–water partition coefficient (Wildman–Crippen LogP) is 0.0374. The Hall–Kier alpha value is -1.10. The van der Waals surface area contributed by atoms with E-state index in [0.717, 1.165) is 32.2 Å². The van der Waals surface area contributed by atoms with Gasteiger partial charge < -0.3 is 15.7 Å². The van der Waals surface area contributed by atoms with E-state index in [2.05, 4.69) is 10.6 Å². The first-order valence-electron chi connectivity index (χ1n) is 6.26. The zero-order valence-electron chi connectivity index (χ0n) is 10.4. The summed E-state index contributed by atoms with van der Waals surface area (Å²) in [6.45, 7) is 2.57. The van der Waals surface area contributed by atoms with E-state index in [4.69, 9.17) is 5.11 Å². The van der Waals surface area contributed by atoms with Crippen LogP contribution >= 0.6 is 0 Å². The van der Waals surface area contributed by atoms with Crippen LogP contribution in [0.4, 0.5) is 0 Å². The average molecular weight is 242 g/mol. The molecule has 1 aliphatic carbocycles. The maximum atomic E-state index is 11.6. The minimum atomic E-state index is -0.0103. The van der Waals surface area contributed by atoms with E-state index in [1.807, 2.05) is 0 Å². The lowest BCUT2D eigenvalue weighted by Gasteiger charge is -2.27. The summed E-state index contributed by atoms with van der Waals surface area (Å²) < 4.78 is 0. The minimum absolute atomic E-state index is 0.00723. The van der Waals surface area contributed by atoms with Gasteiger partial charge in [-0.25, -0.2) is 0 Å². The van der Waals surface area contributed by atoms with Crippen molar-refractivity contribution in [2.45, 2.75) is 32.6 Å². The molecule has 0 aromatic heterocycles. The molecule has 2 amide bonds. The Morgan fingerprint density at radius 3 is 2.35 bits per heavy atom. The van der Waals surface area contributed by atoms with Gasteiger partial charge in [-0.2, -0.15) is 0 Å². The highest BCUT2D eigenvalue weighted by molar-refractivity contribution is 5.78. The molecule has 1 rings (SSSR count). The molecule has 0 saturated heterocycles. The SMILES string of the molecule is CC(=O)NCC1CCC(C(=O)NCCO)CC1. The second kappa shape index (κ2) is 7.27. The molecule has 0 radical (unpaired) electrons. The Balaban J connectivity index is 2.20. The second-order valence-electron chi connectivity index (χ2n) is 4.67. The summed E-state index contributed by atoms with van der Waals surface area (Å²) in [5.74, 6) is 0.640. The lowest BCUT2D eigenvalue weighted by molar-refractivity contribution is -0.126. The van der Waals surface area contributed by atoms with Crippen LogP contribution in [0.25, 0.3) is 0 Å². The molecule has 0 unspecified atom stereocenters. The molecular weight excluding hydrogens is 220 g/mol. The quantitative estimate of drug-likeness (QED) is 0.637. The van der Waals surface area contributed by atoms with Crippen molar-refractivity contribution in [2.24, 2.45) is 11.8 Å². The highest BCUT2D eigenvalue weighted by atomic mass is 16.3. The van der Waals surface area contributed by atoms with Gasteiger partial charge >= 0.3 is 0 Å². The van der Waals surface area contributed by atoms with Crippen LogP contribution in [0.5, 0.6) is 0 Å². The van der Waals surface area contributed by atoms with Gasteiger partial charge in [-0.15, -0.1) is 0 Å². The van der Waals surface area contributed by atoms with Crippen LogP contribution in [-0.2, 0) is 9.59 Å². The van der Waals surface area contributed by atoms with Crippen molar-refractivity contribution in [2.75, 3.05) is 19.7 Å². The fourth-order valence-corrected chi connectivity index (χ4v) is 2.24. The van der Waals surface area contributed by atoms with Crippen LogP contribution in [0.2, 0.25) is 0 Å². The largest absolute Gasteiger partial charge is 0.395 e. The number of amides is 2. The molecule has 3 N–H and O–H groups in total. The number of aliphatic hydroxyl groups excluding tert-OH is 1. The Labute approximate surface area is 102 Å². The van der Waals surface area contributed by atoms with Gasteiger partial charge in [0, 0.05) is 25.9 Å². The Morgan fingerprint density at radius 1 is 1.18 bits per heavy atom. The summed E-state index contributed by atoms with van der Waals surface area (Å²) >= 11 is 0.